The molecule has 0 N–H and O–H groups in total. The van der Waals surface area contributed by atoms with Gasteiger partial charge in [0, 0.05) is 43.0 Å². The number of hydrogen-bond acceptors (Lipinski definition) is 2. The second kappa shape index (κ2) is 6.63. The van der Waals surface area contributed by atoms with Crippen LogP contribution in [0, 0.1) is 23.2 Å². The van der Waals surface area contributed by atoms with Crippen molar-refractivity contribution in [3.05, 3.63) is 59.2 Å². The Bertz CT molecular complexity index is 1030. The van der Waals surface area contributed by atoms with E-state index >= 15 is 0 Å². The zero-order chi connectivity index (χ0) is 20.9. The predicted molar refractivity (Wildman–Crippen MR) is 131 cm³/mol. The van der Waals surface area contributed by atoms with E-state index in [9.17, 15) is 0 Å². The minimum Gasteiger partial charge on any atom is -0.337 e. The number of benzene rings is 2. The van der Waals surface area contributed by atoms with Crippen LogP contribution in [0.15, 0.2) is 42.5 Å². The maximum atomic E-state index is 2.92. The second-order valence-electron chi connectivity index (χ2n) is 12.5. The van der Waals surface area contributed by atoms with Gasteiger partial charge in [0.25, 0.3) is 0 Å². The molecule has 4 aliphatic carbocycles. The van der Waals surface area contributed by atoms with Crippen molar-refractivity contribution in [3.63, 3.8) is 0 Å². The quantitative estimate of drug-likeness (QED) is 0.557. The smallest absolute Gasteiger partial charge is 0.0483 e. The van der Waals surface area contributed by atoms with Crippen molar-refractivity contribution in [1.82, 2.24) is 4.90 Å². The maximum Gasteiger partial charge on any atom is 0.0483 e. The van der Waals surface area contributed by atoms with E-state index < -0.39 is 0 Å². The lowest BCUT2D eigenvalue weighted by molar-refractivity contribution is -0.0721. The fourth-order valence-electron chi connectivity index (χ4n) is 9.82. The summed E-state index contributed by atoms with van der Waals surface area (Å²) in [4.78, 5) is 5.71. The van der Waals surface area contributed by atoms with Crippen LogP contribution in [0.2, 0.25) is 0 Å². The van der Waals surface area contributed by atoms with Gasteiger partial charge in [0.05, 0.1) is 0 Å². The molecule has 0 aromatic heterocycles. The van der Waals surface area contributed by atoms with Crippen molar-refractivity contribution >= 4 is 11.4 Å². The number of anilines is 2. The van der Waals surface area contributed by atoms with Crippen molar-refractivity contribution in [2.24, 2.45) is 23.2 Å². The molecule has 2 heteroatoms. The molecule has 32 heavy (non-hydrogen) atoms. The van der Waals surface area contributed by atoms with Crippen LogP contribution < -0.4 is 4.90 Å². The summed E-state index contributed by atoms with van der Waals surface area (Å²) in [5.41, 5.74) is 8.54. The molecule has 0 radical (unpaired) electrons. The number of nitrogens with zero attached hydrogens (tertiary/aromatic N) is 2. The van der Waals surface area contributed by atoms with Gasteiger partial charge in [-0.2, -0.15) is 0 Å². The average Bonchev–Trinajstić information content (AvgIpc) is 3.00. The lowest BCUT2D eigenvalue weighted by Crippen LogP contribution is -2.54. The molecule has 0 amide bonds. The van der Waals surface area contributed by atoms with Crippen LogP contribution in [0.3, 0.4) is 0 Å². The van der Waals surface area contributed by atoms with Crippen LogP contribution >= 0.6 is 0 Å². The van der Waals surface area contributed by atoms with E-state index in [2.05, 4.69) is 52.3 Å². The van der Waals surface area contributed by atoms with E-state index in [0.29, 0.717) is 17.4 Å². The van der Waals surface area contributed by atoms with Gasteiger partial charge in [-0.25, -0.2) is 0 Å². The fourth-order valence-corrected chi connectivity index (χ4v) is 9.82. The van der Waals surface area contributed by atoms with Gasteiger partial charge < -0.3 is 9.80 Å². The highest BCUT2D eigenvalue weighted by Crippen LogP contribution is 2.61. The standard InChI is InChI=1S/C30H36N2/c1-2-7-27-23(4-1)8-9-24-5-3-6-25-26-18-31(11-10-28(26)32(27)29(24)25)19-30-15-20-12-21(16-30)14-22(13-20)17-30/h1-7,20-22,26,28H,8-19H2. The minimum atomic E-state index is 0.651. The van der Waals surface area contributed by atoms with Crippen LogP contribution in [-0.4, -0.2) is 30.6 Å². The number of piperidine rings is 1. The molecule has 3 aliphatic heterocycles. The summed E-state index contributed by atoms with van der Waals surface area (Å²) < 4.78 is 0. The number of fused-ring (bicyclic) bond motifs is 5. The van der Waals surface area contributed by atoms with E-state index in [1.165, 1.54) is 44.6 Å². The Kier molecular flexibility index (Phi) is 3.85. The van der Waals surface area contributed by atoms with E-state index in [4.69, 9.17) is 0 Å². The molecule has 9 rings (SSSR count). The SMILES string of the molecule is c1ccc2c(c1)CCc1cccc3c1N2C1CCN(CC24CC5CC(CC(C5)C2)C4)CC31. The number of aryl methyl sites for hydroxylation is 2. The Morgan fingerprint density at radius 1 is 0.812 bits per heavy atom. The first-order valence-corrected chi connectivity index (χ1v) is 13.5. The van der Waals surface area contributed by atoms with Crippen LogP contribution in [0.5, 0.6) is 0 Å². The molecular formula is C30H36N2. The molecule has 2 aromatic carbocycles. The molecule has 166 valence electrons. The van der Waals surface area contributed by atoms with Crippen LogP contribution in [0.4, 0.5) is 11.4 Å². The van der Waals surface area contributed by atoms with E-state index in [1.54, 1.807) is 60.9 Å². The van der Waals surface area contributed by atoms with Crippen molar-refractivity contribution in [1.29, 1.82) is 0 Å². The molecule has 2 aromatic rings. The molecule has 3 heterocycles. The van der Waals surface area contributed by atoms with Gasteiger partial charge in [-0.1, -0.05) is 36.4 Å². The fraction of sp³-hybridized carbons (Fsp3) is 0.600. The van der Waals surface area contributed by atoms with Crippen LogP contribution in [0.1, 0.15) is 67.6 Å². The van der Waals surface area contributed by atoms with Gasteiger partial charge in [-0.05, 0) is 104 Å². The molecule has 0 spiro atoms. The Morgan fingerprint density at radius 2 is 1.53 bits per heavy atom. The van der Waals surface area contributed by atoms with Gasteiger partial charge in [-0.3, -0.25) is 0 Å². The number of hydrogen-bond donors (Lipinski definition) is 0. The summed E-state index contributed by atoms with van der Waals surface area (Å²) in [5, 5.41) is 0. The molecule has 2 unspecified atom stereocenters. The summed E-state index contributed by atoms with van der Waals surface area (Å²) in [6, 6.07) is 17.1. The molecule has 5 fully saturated rings. The molecule has 2 nitrogen and oxygen atoms in total. The highest BCUT2D eigenvalue weighted by atomic mass is 15.3. The second-order valence-corrected chi connectivity index (χ2v) is 12.5. The highest BCUT2D eigenvalue weighted by Gasteiger charge is 2.52. The summed E-state index contributed by atoms with van der Waals surface area (Å²) in [7, 11) is 0. The molecule has 1 saturated heterocycles. The molecular weight excluding hydrogens is 388 g/mol. The third-order valence-electron chi connectivity index (χ3n) is 10.4. The summed E-state index contributed by atoms with van der Waals surface area (Å²) >= 11 is 0. The minimum absolute atomic E-state index is 0.651. The summed E-state index contributed by atoms with van der Waals surface area (Å²) in [6.07, 6.45) is 13.0. The molecule has 2 atom stereocenters. The zero-order valence-electron chi connectivity index (χ0n) is 19.3. The summed E-state index contributed by atoms with van der Waals surface area (Å²) in [6.45, 7) is 3.97. The van der Waals surface area contributed by atoms with Crippen molar-refractivity contribution in [3.8, 4) is 0 Å². The van der Waals surface area contributed by atoms with Crippen molar-refractivity contribution in [2.75, 3.05) is 24.5 Å². The first kappa shape index (κ1) is 18.6. The lowest BCUT2D eigenvalue weighted by atomic mass is 9.49. The Labute approximate surface area is 193 Å². The number of rotatable bonds is 2. The van der Waals surface area contributed by atoms with Crippen molar-refractivity contribution < 1.29 is 0 Å². The van der Waals surface area contributed by atoms with Gasteiger partial charge in [0.1, 0.15) is 0 Å². The van der Waals surface area contributed by atoms with Gasteiger partial charge >= 0.3 is 0 Å². The monoisotopic (exact) mass is 424 g/mol. The van der Waals surface area contributed by atoms with Gasteiger partial charge in [0.2, 0.25) is 0 Å². The largest absolute Gasteiger partial charge is 0.337 e. The number of likely N-dealkylation sites (tertiary alicyclic amines) is 1. The predicted octanol–water partition coefficient (Wildman–Crippen LogP) is 6.31. The molecule has 4 bridgehead atoms. The van der Waals surface area contributed by atoms with Crippen molar-refractivity contribution in [2.45, 2.75) is 69.7 Å². The number of para-hydroxylation sites is 2. The van der Waals surface area contributed by atoms with Crippen LogP contribution in [0.25, 0.3) is 0 Å². The average molecular weight is 425 g/mol. The normalized spacial score (nSPS) is 38.9. The third kappa shape index (κ3) is 2.62. The van der Waals surface area contributed by atoms with Crippen LogP contribution in [-0.2, 0) is 12.8 Å². The highest BCUT2D eigenvalue weighted by molar-refractivity contribution is 5.79. The molecule has 4 saturated carbocycles. The Hall–Kier alpha value is -1.80. The first-order valence-electron chi connectivity index (χ1n) is 13.5. The molecule has 7 aliphatic rings. The third-order valence-corrected chi connectivity index (χ3v) is 10.4. The van der Waals surface area contributed by atoms with E-state index in [0.717, 1.165) is 17.8 Å². The Balaban J connectivity index is 1.12. The van der Waals surface area contributed by atoms with E-state index in [1.807, 2.05) is 0 Å². The van der Waals surface area contributed by atoms with Gasteiger partial charge in [-0.15, -0.1) is 0 Å². The zero-order valence-corrected chi connectivity index (χ0v) is 19.3. The van der Waals surface area contributed by atoms with Gasteiger partial charge in [0.15, 0.2) is 0 Å². The maximum absolute atomic E-state index is 2.92. The first-order chi connectivity index (χ1) is 15.7. The Morgan fingerprint density at radius 3 is 2.34 bits per heavy atom. The summed E-state index contributed by atoms with van der Waals surface area (Å²) in [5.74, 6) is 3.88. The topological polar surface area (TPSA) is 6.48 Å². The van der Waals surface area contributed by atoms with E-state index in [-0.39, 0.29) is 0 Å². The lowest BCUT2D eigenvalue weighted by Gasteiger charge is -2.58.